The second-order valence-electron chi connectivity index (χ2n) is 4.16. The highest BCUT2D eigenvalue weighted by Gasteiger charge is 2.03. The van der Waals surface area contributed by atoms with Crippen LogP contribution in [0.25, 0.3) is 0 Å². The maximum atomic E-state index is 11.2. The van der Waals surface area contributed by atoms with Crippen molar-refractivity contribution in [3.8, 4) is 6.07 Å². The Labute approximate surface area is 110 Å². The lowest BCUT2D eigenvalue weighted by Crippen LogP contribution is -2.25. The third kappa shape index (κ3) is 9.86. The highest BCUT2D eigenvalue weighted by atomic mass is 16.5. The number of carbonyl (C=O) groups is 1. The average molecular weight is 252 g/mol. The Morgan fingerprint density at radius 1 is 1.22 bits per heavy atom. The number of nitrogens with zero attached hydrogens (tertiary/aromatic N) is 1. The molecule has 0 atom stereocenters. The Morgan fingerprint density at radius 2 is 1.83 bits per heavy atom. The molecule has 0 rings (SSSR count). The molecule has 102 valence electrons. The van der Waals surface area contributed by atoms with Crippen LogP contribution in [0.2, 0.25) is 0 Å². The molecule has 0 saturated heterocycles. The van der Waals surface area contributed by atoms with E-state index >= 15 is 0 Å². The topological polar surface area (TPSA) is 62.1 Å². The van der Waals surface area contributed by atoms with Crippen LogP contribution in [0.1, 0.15) is 45.4 Å². The molecule has 18 heavy (non-hydrogen) atoms. The van der Waals surface area contributed by atoms with Crippen molar-refractivity contribution in [1.29, 1.82) is 5.26 Å². The van der Waals surface area contributed by atoms with E-state index in [2.05, 4.69) is 11.9 Å². The van der Waals surface area contributed by atoms with Gasteiger partial charge in [0.05, 0.1) is 0 Å². The molecule has 1 amide bonds. The molecule has 0 fully saturated rings. The first-order valence-corrected chi connectivity index (χ1v) is 6.67. The number of hydrogen-bond donors (Lipinski definition) is 1. The molecule has 0 aromatic carbocycles. The molecule has 4 nitrogen and oxygen atoms in total. The molecule has 0 unspecified atom stereocenters. The molecule has 0 aliphatic carbocycles. The zero-order chi connectivity index (χ0) is 13.6. The summed E-state index contributed by atoms with van der Waals surface area (Å²) in [6, 6.07) is 1.73. The summed E-state index contributed by atoms with van der Waals surface area (Å²) in [5.74, 6) is -0.353. The Kier molecular flexibility index (Phi) is 11.2. The molecule has 0 aliphatic rings. The molecule has 0 aliphatic heterocycles. The molecule has 4 heteroatoms. The second-order valence-corrected chi connectivity index (χ2v) is 4.16. The zero-order valence-corrected chi connectivity index (χ0v) is 11.3. The Hall–Kier alpha value is -1.34. The van der Waals surface area contributed by atoms with Gasteiger partial charge in [-0.05, 0) is 19.8 Å². The summed E-state index contributed by atoms with van der Waals surface area (Å²) < 4.78 is 5.26. The molecule has 0 aromatic rings. The summed E-state index contributed by atoms with van der Waals surface area (Å²) in [7, 11) is 0. The van der Waals surface area contributed by atoms with Gasteiger partial charge in [-0.3, -0.25) is 4.79 Å². The Balaban J connectivity index is 3.19. The quantitative estimate of drug-likeness (QED) is 0.349. The predicted molar refractivity (Wildman–Crippen MR) is 72.0 cm³/mol. The van der Waals surface area contributed by atoms with E-state index in [-0.39, 0.29) is 11.5 Å². The van der Waals surface area contributed by atoms with Crippen molar-refractivity contribution >= 4 is 5.91 Å². The summed E-state index contributed by atoms with van der Waals surface area (Å²) in [5.41, 5.74) is -0.0223. The van der Waals surface area contributed by atoms with Crippen molar-refractivity contribution in [2.24, 2.45) is 0 Å². The number of carbonyl (C=O) groups excluding carboxylic acids is 1. The minimum Gasteiger partial charge on any atom is -0.382 e. The van der Waals surface area contributed by atoms with Crippen molar-refractivity contribution < 1.29 is 9.53 Å². The fraction of sp³-hybridized carbons (Fsp3) is 0.714. The van der Waals surface area contributed by atoms with Gasteiger partial charge in [0.2, 0.25) is 0 Å². The van der Waals surface area contributed by atoms with Crippen LogP contribution in [-0.4, -0.2) is 25.7 Å². The number of unbranched alkanes of at least 4 members (excludes halogenated alkanes) is 5. The molecule has 0 radical (unpaired) electrons. The van der Waals surface area contributed by atoms with Crippen molar-refractivity contribution in [3.05, 3.63) is 12.2 Å². The Bertz CT molecular complexity index is 282. The van der Waals surface area contributed by atoms with Crippen molar-refractivity contribution in [3.63, 3.8) is 0 Å². The number of nitriles is 1. The normalized spacial score (nSPS) is 9.78. The van der Waals surface area contributed by atoms with Gasteiger partial charge < -0.3 is 10.1 Å². The van der Waals surface area contributed by atoms with Crippen LogP contribution < -0.4 is 5.32 Å². The van der Waals surface area contributed by atoms with Gasteiger partial charge in [0.1, 0.15) is 11.6 Å². The van der Waals surface area contributed by atoms with Crippen LogP contribution in [0.5, 0.6) is 0 Å². The first-order chi connectivity index (χ1) is 8.72. The van der Waals surface area contributed by atoms with Crippen molar-refractivity contribution in [2.45, 2.75) is 45.4 Å². The van der Waals surface area contributed by atoms with Gasteiger partial charge in [-0.25, -0.2) is 0 Å². The summed E-state index contributed by atoms with van der Waals surface area (Å²) in [4.78, 5) is 11.2. The number of rotatable bonds is 11. The fourth-order valence-corrected chi connectivity index (χ4v) is 1.54. The van der Waals surface area contributed by atoms with E-state index in [0.29, 0.717) is 6.54 Å². The number of hydrogen-bond acceptors (Lipinski definition) is 3. The molecule has 0 bridgehead atoms. The first kappa shape index (κ1) is 16.7. The fourth-order valence-electron chi connectivity index (χ4n) is 1.54. The van der Waals surface area contributed by atoms with Crippen LogP contribution in [0.3, 0.4) is 0 Å². The van der Waals surface area contributed by atoms with E-state index in [9.17, 15) is 4.79 Å². The van der Waals surface area contributed by atoms with Gasteiger partial charge in [-0.1, -0.05) is 32.3 Å². The molecule has 0 aromatic heterocycles. The lowest BCUT2D eigenvalue weighted by atomic mass is 10.1. The third-order valence-corrected chi connectivity index (χ3v) is 2.61. The van der Waals surface area contributed by atoms with E-state index in [0.717, 1.165) is 32.5 Å². The standard InChI is InChI=1S/C14H24N2O2/c1-3-18-11-9-7-5-4-6-8-10-16-14(17)13(2)12-15/h2-11H2,1H3,(H,16,17). The van der Waals surface area contributed by atoms with Crippen molar-refractivity contribution in [2.75, 3.05) is 19.8 Å². The highest BCUT2D eigenvalue weighted by Crippen LogP contribution is 2.05. The molecular weight excluding hydrogens is 228 g/mol. The monoisotopic (exact) mass is 252 g/mol. The lowest BCUT2D eigenvalue weighted by molar-refractivity contribution is -0.117. The van der Waals surface area contributed by atoms with Crippen LogP contribution in [0, 0.1) is 11.3 Å². The van der Waals surface area contributed by atoms with Gasteiger partial charge in [0.15, 0.2) is 0 Å². The summed E-state index contributed by atoms with van der Waals surface area (Å²) in [6.45, 7) is 7.65. The molecule has 0 spiro atoms. The number of ether oxygens (including phenoxy) is 1. The van der Waals surface area contributed by atoms with Gasteiger partial charge in [-0.2, -0.15) is 5.26 Å². The van der Waals surface area contributed by atoms with E-state index in [1.807, 2.05) is 6.92 Å². The first-order valence-electron chi connectivity index (χ1n) is 6.67. The predicted octanol–water partition coefficient (Wildman–Crippen LogP) is 2.56. The van der Waals surface area contributed by atoms with E-state index < -0.39 is 0 Å². The maximum Gasteiger partial charge on any atom is 0.261 e. The maximum absolute atomic E-state index is 11.2. The van der Waals surface area contributed by atoms with E-state index in [4.69, 9.17) is 10.00 Å². The van der Waals surface area contributed by atoms with Crippen LogP contribution >= 0.6 is 0 Å². The van der Waals surface area contributed by atoms with Gasteiger partial charge >= 0.3 is 0 Å². The van der Waals surface area contributed by atoms with Crippen LogP contribution in [0.15, 0.2) is 12.2 Å². The SMILES string of the molecule is C=C(C#N)C(=O)NCCCCCCCCOCC. The van der Waals surface area contributed by atoms with Gasteiger partial charge in [-0.15, -0.1) is 0 Å². The molecule has 1 N–H and O–H groups in total. The van der Waals surface area contributed by atoms with Crippen LogP contribution in [-0.2, 0) is 9.53 Å². The number of amides is 1. The van der Waals surface area contributed by atoms with Crippen molar-refractivity contribution in [1.82, 2.24) is 5.32 Å². The second kappa shape index (κ2) is 12.1. The average Bonchev–Trinajstić information content (AvgIpc) is 2.39. The number of nitrogens with one attached hydrogen (secondary N) is 1. The van der Waals surface area contributed by atoms with Crippen LogP contribution in [0.4, 0.5) is 0 Å². The zero-order valence-electron chi connectivity index (χ0n) is 11.3. The Morgan fingerprint density at radius 3 is 2.44 bits per heavy atom. The minimum atomic E-state index is -0.353. The third-order valence-electron chi connectivity index (χ3n) is 2.61. The van der Waals surface area contributed by atoms with E-state index in [1.165, 1.54) is 19.3 Å². The summed E-state index contributed by atoms with van der Waals surface area (Å²) >= 11 is 0. The van der Waals surface area contributed by atoms with E-state index in [1.54, 1.807) is 6.07 Å². The minimum absolute atomic E-state index is 0.0223. The molecule has 0 heterocycles. The van der Waals surface area contributed by atoms with Gasteiger partial charge in [0.25, 0.3) is 5.91 Å². The van der Waals surface area contributed by atoms with Gasteiger partial charge in [0, 0.05) is 19.8 Å². The molecular formula is C14H24N2O2. The largest absolute Gasteiger partial charge is 0.382 e. The summed E-state index contributed by atoms with van der Waals surface area (Å²) in [5, 5.41) is 11.1. The lowest BCUT2D eigenvalue weighted by Gasteiger charge is -2.04. The highest BCUT2D eigenvalue weighted by molar-refractivity contribution is 5.96. The summed E-state index contributed by atoms with van der Waals surface area (Å²) in [6.07, 6.45) is 6.79. The molecule has 0 saturated carbocycles. The smallest absolute Gasteiger partial charge is 0.261 e.